The number of hydrogen-bond donors (Lipinski definition) is 1. The molecule has 0 heterocycles. The first-order chi connectivity index (χ1) is 6.90. The highest BCUT2D eigenvalue weighted by Gasteiger charge is 2.25. The van der Waals surface area contributed by atoms with E-state index in [0.717, 1.165) is 0 Å². The van der Waals surface area contributed by atoms with Crippen LogP contribution in [0.2, 0.25) is 0 Å². The van der Waals surface area contributed by atoms with Gasteiger partial charge < -0.3 is 5.73 Å². The standard InChI is InChI=1S/C12H17F2N/c1-8-4-5-9(11(14)10(8)13)12(2,3)6-7-15/h4-5H,6-7,15H2,1-3H3. The third-order valence-corrected chi connectivity index (χ3v) is 2.77. The zero-order valence-electron chi connectivity index (χ0n) is 9.40. The summed E-state index contributed by atoms with van der Waals surface area (Å²) in [6, 6.07) is 3.25. The molecule has 0 aromatic heterocycles. The SMILES string of the molecule is Cc1ccc(C(C)(C)CCN)c(F)c1F. The van der Waals surface area contributed by atoms with E-state index in [9.17, 15) is 8.78 Å². The largest absolute Gasteiger partial charge is 0.330 e. The molecule has 3 heteroatoms. The highest BCUT2D eigenvalue weighted by atomic mass is 19.2. The summed E-state index contributed by atoms with van der Waals surface area (Å²) in [6.45, 7) is 5.75. The van der Waals surface area contributed by atoms with Gasteiger partial charge in [0.15, 0.2) is 11.6 Å². The van der Waals surface area contributed by atoms with Crippen LogP contribution in [-0.2, 0) is 5.41 Å². The van der Waals surface area contributed by atoms with Crippen LogP contribution in [0, 0.1) is 18.6 Å². The van der Waals surface area contributed by atoms with Gasteiger partial charge in [0, 0.05) is 0 Å². The fourth-order valence-corrected chi connectivity index (χ4v) is 1.66. The molecule has 1 aromatic carbocycles. The molecular weight excluding hydrogens is 196 g/mol. The molecule has 1 nitrogen and oxygen atoms in total. The Morgan fingerprint density at radius 3 is 2.33 bits per heavy atom. The molecule has 15 heavy (non-hydrogen) atoms. The number of hydrogen-bond acceptors (Lipinski definition) is 1. The molecule has 0 bridgehead atoms. The van der Waals surface area contributed by atoms with E-state index in [4.69, 9.17) is 5.73 Å². The summed E-state index contributed by atoms with van der Waals surface area (Å²) < 4.78 is 27.0. The van der Waals surface area contributed by atoms with Crippen molar-refractivity contribution in [2.24, 2.45) is 5.73 Å². The van der Waals surface area contributed by atoms with Crippen molar-refractivity contribution in [3.05, 3.63) is 34.9 Å². The maximum atomic E-state index is 13.7. The molecule has 1 rings (SSSR count). The summed E-state index contributed by atoms with van der Waals surface area (Å²) in [5, 5.41) is 0. The highest BCUT2D eigenvalue weighted by Crippen LogP contribution is 2.30. The second-order valence-corrected chi connectivity index (χ2v) is 4.48. The average molecular weight is 213 g/mol. The minimum Gasteiger partial charge on any atom is -0.330 e. The first-order valence-electron chi connectivity index (χ1n) is 5.05. The molecule has 0 saturated carbocycles. The topological polar surface area (TPSA) is 26.0 Å². The summed E-state index contributed by atoms with van der Waals surface area (Å²) in [6.07, 6.45) is 0.631. The molecule has 0 spiro atoms. The van der Waals surface area contributed by atoms with Gasteiger partial charge in [0.25, 0.3) is 0 Å². The number of rotatable bonds is 3. The molecule has 0 atom stereocenters. The van der Waals surface area contributed by atoms with Crippen LogP contribution in [0.15, 0.2) is 12.1 Å². The molecular formula is C12H17F2N. The van der Waals surface area contributed by atoms with E-state index in [0.29, 0.717) is 24.1 Å². The van der Waals surface area contributed by atoms with Crippen molar-refractivity contribution in [3.63, 3.8) is 0 Å². The van der Waals surface area contributed by atoms with Crippen LogP contribution in [0.1, 0.15) is 31.4 Å². The maximum absolute atomic E-state index is 13.7. The molecule has 0 saturated heterocycles. The number of aryl methyl sites for hydroxylation is 1. The van der Waals surface area contributed by atoms with Crippen LogP contribution in [0.3, 0.4) is 0 Å². The first-order valence-corrected chi connectivity index (χ1v) is 5.05. The predicted octanol–water partition coefficient (Wildman–Crippen LogP) is 2.90. The fourth-order valence-electron chi connectivity index (χ4n) is 1.66. The van der Waals surface area contributed by atoms with E-state index in [2.05, 4.69) is 0 Å². The minimum atomic E-state index is -0.752. The van der Waals surface area contributed by atoms with Gasteiger partial charge in [-0.3, -0.25) is 0 Å². The second-order valence-electron chi connectivity index (χ2n) is 4.48. The first kappa shape index (κ1) is 12.1. The predicted molar refractivity (Wildman–Crippen MR) is 57.8 cm³/mol. The number of benzene rings is 1. The van der Waals surface area contributed by atoms with Crippen molar-refractivity contribution in [2.75, 3.05) is 6.54 Å². The number of nitrogens with two attached hydrogens (primary N) is 1. The van der Waals surface area contributed by atoms with Crippen molar-refractivity contribution >= 4 is 0 Å². The van der Waals surface area contributed by atoms with Crippen LogP contribution in [0.5, 0.6) is 0 Å². The monoisotopic (exact) mass is 213 g/mol. The third-order valence-electron chi connectivity index (χ3n) is 2.77. The van der Waals surface area contributed by atoms with Crippen LogP contribution in [-0.4, -0.2) is 6.54 Å². The fraction of sp³-hybridized carbons (Fsp3) is 0.500. The number of halogens is 2. The van der Waals surface area contributed by atoms with Gasteiger partial charge in [-0.05, 0) is 36.4 Å². The lowest BCUT2D eigenvalue weighted by Gasteiger charge is -2.25. The summed E-state index contributed by atoms with van der Waals surface area (Å²) >= 11 is 0. The van der Waals surface area contributed by atoms with Crippen molar-refractivity contribution < 1.29 is 8.78 Å². The average Bonchev–Trinajstić information content (AvgIpc) is 2.13. The molecule has 0 amide bonds. The molecule has 0 aliphatic rings. The lowest BCUT2D eigenvalue weighted by Crippen LogP contribution is -2.23. The van der Waals surface area contributed by atoms with Gasteiger partial charge >= 0.3 is 0 Å². The van der Waals surface area contributed by atoms with E-state index in [1.807, 2.05) is 13.8 Å². The van der Waals surface area contributed by atoms with Gasteiger partial charge in [0.05, 0.1) is 0 Å². The van der Waals surface area contributed by atoms with Gasteiger partial charge in [-0.2, -0.15) is 0 Å². The third kappa shape index (κ3) is 2.34. The van der Waals surface area contributed by atoms with E-state index in [1.54, 1.807) is 19.1 Å². The molecule has 0 unspecified atom stereocenters. The zero-order valence-corrected chi connectivity index (χ0v) is 9.40. The molecule has 0 radical (unpaired) electrons. The van der Waals surface area contributed by atoms with Crippen LogP contribution in [0.4, 0.5) is 8.78 Å². The maximum Gasteiger partial charge on any atom is 0.162 e. The Labute approximate surface area is 89.3 Å². The normalized spacial score (nSPS) is 11.9. The van der Waals surface area contributed by atoms with Gasteiger partial charge in [0.2, 0.25) is 0 Å². The van der Waals surface area contributed by atoms with Gasteiger partial charge in [-0.25, -0.2) is 8.78 Å². The Kier molecular flexibility index (Phi) is 3.45. The van der Waals surface area contributed by atoms with Crippen molar-refractivity contribution in [1.82, 2.24) is 0 Å². The molecule has 1 aromatic rings. The summed E-state index contributed by atoms with van der Waals surface area (Å²) in [7, 11) is 0. The Morgan fingerprint density at radius 2 is 1.80 bits per heavy atom. The smallest absolute Gasteiger partial charge is 0.162 e. The lowest BCUT2D eigenvalue weighted by atomic mass is 9.81. The molecule has 0 aliphatic heterocycles. The molecule has 0 fully saturated rings. The Balaban J connectivity index is 3.21. The van der Waals surface area contributed by atoms with Crippen molar-refractivity contribution in [1.29, 1.82) is 0 Å². The summed E-state index contributed by atoms with van der Waals surface area (Å²) in [5.74, 6) is -1.49. The van der Waals surface area contributed by atoms with Gasteiger partial charge in [-0.1, -0.05) is 26.0 Å². The quantitative estimate of drug-likeness (QED) is 0.820. The van der Waals surface area contributed by atoms with E-state index in [-0.39, 0.29) is 0 Å². The van der Waals surface area contributed by atoms with Gasteiger partial charge in [-0.15, -0.1) is 0 Å². The van der Waals surface area contributed by atoms with E-state index < -0.39 is 17.0 Å². The molecule has 84 valence electrons. The summed E-state index contributed by atoms with van der Waals surface area (Å²) in [4.78, 5) is 0. The van der Waals surface area contributed by atoms with Crippen molar-refractivity contribution in [2.45, 2.75) is 32.6 Å². The molecule has 2 N–H and O–H groups in total. The Hall–Kier alpha value is -0.960. The van der Waals surface area contributed by atoms with E-state index >= 15 is 0 Å². The Morgan fingerprint density at radius 1 is 1.20 bits per heavy atom. The van der Waals surface area contributed by atoms with Crippen LogP contribution in [0.25, 0.3) is 0 Å². The lowest BCUT2D eigenvalue weighted by molar-refractivity contribution is 0.427. The molecule has 0 aliphatic carbocycles. The van der Waals surface area contributed by atoms with Crippen molar-refractivity contribution in [3.8, 4) is 0 Å². The Bertz CT molecular complexity index is 359. The van der Waals surface area contributed by atoms with Crippen LogP contribution < -0.4 is 5.73 Å². The van der Waals surface area contributed by atoms with Gasteiger partial charge in [0.1, 0.15) is 0 Å². The van der Waals surface area contributed by atoms with Crippen LogP contribution >= 0.6 is 0 Å². The highest BCUT2D eigenvalue weighted by molar-refractivity contribution is 5.30. The zero-order chi connectivity index (χ0) is 11.6. The minimum absolute atomic E-state index is 0.333. The summed E-state index contributed by atoms with van der Waals surface area (Å²) in [5.41, 5.74) is 5.76. The van der Waals surface area contributed by atoms with E-state index in [1.165, 1.54) is 0 Å². The second kappa shape index (κ2) is 4.27.